The van der Waals surface area contributed by atoms with Gasteiger partial charge in [0.15, 0.2) is 5.75 Å². The van der Waals surface area contributed by atoms with Crippen molar-refractivity contribution in [3.05, 3.63) is 47.7 Å². The molecule has 0 bridgehead atoms. The number of rotatable bonds is 8. The van der Waals surface area contributed by atoms with Gasteiger partial charge in [0.1, 0.15) is 12.3 Å². The van der Waals surface area contributed by atoms with Gasteiger partial charge in [0.2, 0.25) is 0 Å². The number of hydrogen-bond donors (Lipinski definition) is 2. The summed E-state index contributed by atoms with van der Waals surface area (Å²) >= 11 is 0. The zero-order valence-corrected chi connectivity index (χ0v) is 19.1. The summed E-state index contributed by atoms with van der Waals surface area (Å²) in [5.41, 5.74) is 2.10. The predicted octanol–water partition coefficient (Wildman–Crippen LogP) is 4.81. The molecule has 1 saturated carbocycles. The molecule has 2 aromatic rings. The molecule has 1 aromatic heterocycles. The van der Waals surface area contributed by atoms with Gasteiger partial charge in [0, 0.05) is 12.5 Å². The molecule has 1 fully saturated rings. The van der Waals surface area contributed by atoms with Gasteiger partial charge in [-0.05, 0) is 25.3 Å². The van der Waals surface area contributed by atoms with Crippen LogP contribution in [-0.4, -0.2) is 42.1 Å². The molecule has 32 heavy (non-hydrogen) atoms. The molecule has 1 aromatic carbocycles. The number of anilines is 1. The molecule has 0 unspecified atom stereocenters. The molecule has 1 aliphatic carbocycles. The minimum atomic E-state index is -0.963. The zero-order valence-electron chi connectivity index (χ0n) is 19.1. The number of ether oxygens (including phenoxy) is 2. The summed E-state index contributed by atoms with van der Waals surface area (Å²) in [6.07, 6.45) is 8.74. The van der Waals surface area contributed by atoms with E-state index in [0.29, 0.717) is 36.8 Å². The number of aryl methyl sites for hydroxylation is 1. The van der Waals surface area contributed by atoms with Crippen LogP contribution in [0.2, 0.25) is 0 Å². The van der Waals surface area contributed by atoms with Crippen LogP contribution in [0.1, 0.15) is 56.1 Å². The van der Waals surface area contributed by atoms with Crippen molar-refractivity contribution in [3.8, 4) is 11.6 Å². The summed E-state index contributed by atoms with van der Waals surface area (Å²) in [5.74, 6) is 0.107. The molecular weight excluding hydrogens is 408 g/mol. The molecule has 7 heteroatoms. The number of pyridine rings is 1. The van der Waals surface area contributed by atoms with E-state index in [1.165, 1.54) is 17.5 Å². The summed E-state index contributed by atoms with van der Waals surface area (Å²) in [4.78, 5) is 24.5. The first-order chi connectivity index (χ1) is 15.5. The standard InChI is InChI=1S/C24H32N2O4.CH2O/c1-18-9-8-10-19(15-18)11-14-30-21-16-20(17-25-22(21)29-2)26-24(23(27)28)12-6-4-3-5-7-13-24;1-2/h8-10,15-17,26H,3-7,11-14H2,1-2H3,(H,27,28);1H2. The molecule has 3 rings (SSSR count). The van der Waals surface area contributed by atoms with E-state index in [1.807, 2.05) is 12.9 Å². The number of carboxylic acid groups (broad SMARTS) is 1. The van der Waals surface area contributed by atoms with Crippen LogP contribution < -0.4 is 14.8 Å². The summed E-state index contributed by atoms with van der Waals surface area (Å²) in [7, 11) is 1.55. The third-order valence-corrected chi connectivity index (χ3v) is 5.74. The second kappa shape index (κ2) is 12.7. The second-order valence-corrected chi connectivity index (χ2v) is 8.10. The highest BCUT2D eigenvalue weighted by Crippen LogP contribution is 2.33. The largest absolute Gasteiger partial charge is 0.488 e. The van der Waals surface area contributed by atoms with Gasteiger partial charge in [-0.2, -0.15) is 0 Å². The molecule has 7 nitrogen and oxygen atoms in total. The fourth-order valence-corrected chi connectivity index (χ4v) is 4.08. The maximum Gasteiger partial charge on any atom is 0.329 e. The van der Waals surface area contributed by atoms with Crippen LogP contribution in [0.5, 0.6) is 11.6 Å². The van der Waals surface area contributed by atoms with E-state index in [1.54, 1.807) is 19.4 Å². The average Bonchev–Trinajstić information content (AvgIpc) is 2.77. The minimum Gasteiger partial charge on any atom is -0.488 e. The maximum atomic E-state index is 12.2. The van der Waals surface area contributed by atoms with E-state index < -0.39 is 11.5 Å². The van der Waals surface area contributed by atoms with Crippen LogP contribution >= 0.6 is 0 Å². The van der Waals surface area contributed by atoms with E-state index in [0.717, 1.165) is 32.1 Å². The summed E-state index contributed by atoms with van der Waals surface area (Å²) < 4.78 is 11.3. The highest BCUT2D eigenvalue weighted by Gasteiger charge is 2.38. The number of methoxy groups -OCH3 is 1. The quantitative estimate of drug-likeness (QED) is 0.605. The fourth-order valence-electron chi connectivity index (χ4n) is 4.08. The van der Waals surface area contributed by atoms with Crippen LogP contribution in [0.25, 0.3) is 0 Å². The lowest BCUT2D eigenvalue weighted by molar-refractivity contribution is -0.143. The third kappa shape index (κ3) is 6.97. The van der Waals surface area contributed by atoms with Crippen molar-refractivity contribution in [2.75, 3.05) is 19.0 Å². The number of hydrogen-bond acceptors (Lipinski definition) is 6. The topological polar surface area (TPSA) is 97.8 Å². The van der Waals surface area contributed by atoms with Gasteiger partial charge in [-0.15, -0.1) is 0 Å². The zero-order chi connectivity index (χ0) is 23.4. The Balaban J connectivity index is 0.00000176. The Morgan fingerprint density at radius 2 is 1.84 bits per heavy atom. The highest BCUT2D eigenvalue weighted by atomic mass is 16.5. The van der Waals surface area contributed by atoms with E-state index >= 15 is 0 Å². The fraction of sp³-hybridized carbons (Fsp3) is 0.480. The Labute approximate surface area is 190 Å². The number of nitrogens with zero attached hydrogens (tertiary/aromatic N) is 1. The van der Waals surface area contributed by atoms with Gasteiger partial charge in [-0.25, -0.2) is 9.78 Å². The summed E-state index contributed by atoms with van der Waals surface area (Å²) in [5, 5.41) is 13.3. The molecular formula is C25H34N2O5. The first-order valence-corrected chi connectivity index (χ1v) is 11.1. The van der Waals surface area contributed by atoms with Gasteiger partial charge < -0.3 is 24.7 Å². The SMILES string of the molecule is C=O.COc1ncc(NC2(C(=O)O)CCCCCCC2)cc1OCCc1cccc(C)c1. The number of aliphatic carboxylic acids is 1. The normalized spacial score (nSPS) is 15.3. The molecule has 0 amide bonds. The first-order valence-electron chi connectivity index (χ1n) is 11.1. The number of aromatic nitrogens is 1. The minimum absolute atomic E-state index is 0.395. The second-order valence-electron chi connectivity index (χ2n) is 8.10. The highest BCUT2D eigenvalue weighted by molar-refractivity contribution is 5.83. The van der Waals surface area contributed by atoms with Gasteiger partial charge in [-0.3, -0.25) is 0 Å². The van der Waals surface area contributed by atoms with Gasteiger partial charge >= 0.3 is 5.97 Å². The Hall–Kier alpha value is -3.09. The van der Waals surface area contributed by atoms with E-state index in [-0.39, 0.29) is 0 Å². The molecule has 0 spiro atoms. The van der Waals surface area contributed by atoms with Crippen molar-refractivity contribution in [2.24, 2.45) is 0 Å². The van der Waals surface area contributed by atoms with Gasteiger partial charge in [-0.1, -0.05) is 61.9 Å². The van der Waals surface area contributed by atoms with Crippen LogP contribution in [-0.2, 0) is 16.0 Å². The van der Waals surface area contributed by atoms with Crippen molar-refractivity contribution in [1.29, 1.82) is 0 Å². The van der Waals surface area contributed by atoms with Crippen molar-refractivity contribution in [3.63, 3.8) is 0 Å². The lowest BCUT2D eigenvalue weighted by Gasteiger charge is -2.33. The number of nitrogens with one attached hydrogen (secondary N) is 1. The number of benzene rings is 1. The molecule has 0 aliphatic heterocycles. The Morgan fingerprint density at radius 1 is 1.16 bits per heavy atom. The molecule has 1 heterocycles. The van der Waals surface area contributed by atoms with E-state index in [4.69, 9.17) is 14.3 Å². The number of carboxylic acids is 1. The molecule has 0 radical (unpaired) electrons. The van der Waals surface area contributed by atoms with Crippen LogP contribution in [0.15, 0.2) is 36.5 Å². The Morgan fingerprint density at radius 3 is 2.47 bits per heavy atom. The summed E-state index contributed by atoms with van der Waals surface area (Å²) in [6.45, 7) is 4.55. The lowest BCUT2D eigenvalue weighted by Crippen LogP contribution is -2.46. The van der Waals surface area contributed by atoms with Crippen LogP contribution in [0.4, 0.5) is 5.69 Å². The number of carbonyl (C=O) groups is 2. The molecule has 174 valence electrons. The smallest absolute Gasteiger partial charge is 0.329 e. The first kappa shape index (κ1) is 25.2. The van der Waals surface area contributed by atoms with E-state index in [2.05, 4.69) is 35.4 Å². The Bertz CT molecular complexity index is 863. The predicted molar refractivity (Wildman–Crippen MR) is 125 cm³/mol. The molecule has 1 aliphatic rings. The molecule has 0 saturated heterocycles. The summed E-state index contributed by atoms with van der Waals surface area (Å²) in [6, 6.07) is 10.1. The van der Waals surface area contributed by atoms with Crippen molar-refractivity contribution in [2.45, 2.75) is 63.8 Å². The average molecular weight is 443 g/mol. The van der Waals surface area contributed by atoms with Crippen molar-refractivity contribution in [1.82, 2.24) is 4.98 Å². The number of carbonyl (C=O) groups excluding carboxylic acids is 1. The third-order valence-electron chi connectivity index (χ3n) is 5.74. The van der Waals surface area contributed by atoms with Crippen molar-refractivity contribution >= 4 is 18.4 Å². The van der Waals surface area contributed by atoms with E-state index in [9.17, 15) is 9.90 Å². The van der Waals surface area contributed by atoms with Gasteiger partial charge in [0.05, 0.1) is 25.6 Å². The van der Waals surface area contributed by atoms with Gasteiger partial charge in [0.25, 0.3) is 5.88 Å². The lowest BCUT2D eigenvalue weighted by atomic mass is 9.83. The van der Waals surface area contributed by atoms with Crippen LogP contribution in [0.3, 0.4) is 0 Å². The van der Waals surface area contributed by atoms with Crippen LogP contribution in [0, 0.1) is 6.92 Å². The Kier molecular flexibility index (Phi) is 9.98. The molecule has 0 atom stereocenters. The van der Waals surface area contributed by atoms with Crippen molar-refractivity contribution < 1.29 is 24.2 Å². The molecule has 2 N–H and O–H groups in total. The maximum absolute atomic E-state index is 12.2. The monoisotopic (exact) mass is 442 g/mol.